The molecular formula is C21H13N3O5. The molecule has 0 aliphatic carbocycles. The van der Waals surface area contributed by atoms with Gasteiger partial charge in [-0.05, 0) is 22.9 Å². The molecule has 0 bridgehead atoms. The summed E-state index contributed by atoms with van der Waals surface area (Å²) in [5, 5.41) is 16.8. The summed E-state index contributed by atoms with van der Waals surface area (Å²) in [5.41, 5.74) is 0.931. The Morgan fingerprint density at radius 1 is 0.931 bits per heavy atom. The van der Waals surface area contributed by atoms with E-state index in [-0.39, 0.29) is 11.4 Å². The average molecular weight is 387 g/mol. The maximum Gasteiger partial charge on any atom is 0.278 e. The third kappa shape index (κ3) is 2.57. The molecule has 0 radical (unpaired) electrons. The molecule has 8 nitrogen and oxygen atoms in total. The van der Waals surface area contributed by atoms with Gasteiger partial charge in [0.2, 0.25) is 12.0 Å². The molecule has 2 heterocycles. The van der Waals surface area contributed by atoms with Crippen LogP contribution in [0.15, 0.2) is 71.9 Å². The lowest BCUT2D eigenvalue weighted by molar-refractivity contribution is -0.384. The van der Waals surface area contributed by atoms with Crippen molar-refractivity contribution in [2.75, 3.05) is 4.90 Å². The molecule has 2 aliphatic rings. The van der Waals surface area contributed by atoms with E-state index >= 15 is 0 Å². The standard InChI is InChI=1S/C21H13N3O5/c25-20-17-18(14-6-3-7-16(11-14)24(27)28)22-29-19(17)21(26)23(20)15-9-8-12-4-1-2-5-13(12)10-15/h1-11,17,19H. The number of fused-ring (bicyclic) bond motifs is 2. The molecule has 3 aromatic rings. The maximum absolute atomic E-state index is 13.1. The van der Waals surface area contributed by atoms with Gasteiger partial charge in [0.15, 0.2) is 0 Å². The highest BCUT2D eigenvalue weighted by Crippen LogP contribution is 2.36. The molecule has 0 N–H and O–H groups in total. The van der Waals surface area contributed by atoms with Gasteiger partial charge in [-0.2, -0.15) is 0 Å². The van der Waals surface area contributed by atoms with E-state index in [1.165, 1.54) is 18.2 Å². The summed E-state index contributed by atoms with van der Waals surface area (Å²) in [5.74, 6) is -1.89. The van der Waals surface area contributed by atoms with Crippen molar-refractivity contribution in [1.29, 1.82) is 0 Å². The Kier molecular flexibility index (Phi) is 3.67. The molecule has 142 valence electrons. The Labute approximate surface area is 164 Å². The van der Waals surface area contributed by atoms with E-state index in [1.807, 2.05) is 30.3 Å². The van der Waals surface area contributed by atoms with E-state index in [0.717, 1.165) is 15.7 Å². The molecule has 1 fully saturated rings. The first kappa shape index (κ1) is 17.1. The molecule has 8 heteroatoms. The monoisotopic (exact) mass is 387 g/mol. The van der Waals surface area contributed by atoms with Crippen molar-refractivity contribution < 1.29 is 19.3 Å². The van der Waals surface area contributed by atoms with Gasteiger partial charge in [-0.15, -0.1) is 0 Å². The molecule has 2 unspecified atom stereocenters. The minimum absolute atomic E-state index is 0.128. The molecule has 29 heavy (non-hydrogen) atoms. The van der Waals surface area contributed by atoms with Crippen LogP contribution in [0.5, 0.6) is 0 Å². The van der Waals surface area contributed by atoms with Crippen molar-refractivity contribution >= 4 is 39.7 Å². The second-order valence-electron chi connectivity index (χ2n) is 6.83. The van der Waals surface area contributed by atoms with E-state index in [4.69, 9.17) is 4.84 Å². The van der Waals surface area contributed by atoms with Crippen molar-refractivity contribution in [3.05, 3.63) is 82.4 Å². The van der Waals surface area contributed by atoms with E-state index < -0.39 is 28.8 Å². The number of hydrogen-bond donors (Lipinski definition) is 0. The van der Waals surface area contributed by atoms with Crippen molar-refractivity contribution in [2.24, 2.45) is 11.1 Å². The Morgan fingerprint density at radius 3 is 2.52 bits per heavy atom. The summed E-state index contributed by atoms with van der Waals surface area (Å²) in [6.45, 7) is 0. The summed E-state index contributed by atoms with van der Waals surface area (Å²) in [7, 11) is 0. The SMILES string of the molecule is O=C1C2ON=C(c3cccc([N+](=O)[O-])c3)C2C(=O)N1c1ccc2ccccc2c1. The number of carbonyl (C=O) groups excluding carboxylic acids is 2. The maximum atomic E-state index is 13.1. The summed E-state index contributed by atoms with van der Waals surface area (Å²) in [4.78, 5) is 42.9. The van der Waals surface area contributed by atoms with Crippen LogP contribution in [-0.4, -0.2) is 28.6 Å². The largest absolute Gasteiger partial charge is 0.381 e. The zero-order chi connectivity index (χ0) is 20.1. The fourth-order valence-corrected chi connectivity index (χ4v) is 3.76. The molecule has 2 amide bonds. The third-order valence-electron chi connectivity index (χ3n) is 5.16. The number of oxime groups is 1. The molecule has 0 aromatic heterocycles. The van der Waals surface area contributed by atoms with Gasteiger partial charge >= 0.3 is 0 Å². The first-order valence-corrected chi connectivity index (χ1v) is 8.90. The van der Waals surface area contributed by atoms with Gasteiger partial charge < -0.3 is 4.84 Å². The number of amides is 2. The molecular weight excluding hydrogens is 374 g/mol. The van der Waals surface area contributed by atoms with Crippen molar-refractivity contribution in [3.8, 4) is 0 Å². The van der Waals surface area contributed by atoms with Gasteiger partial charge in [0.1, 0.15) is 11.6 Å². The fourth-order valence-electron chi connectivity index (χ4n) is 3.76. The molecule has 0 saturated carbocycles. The number of benzene rings is 3. The first-order valence-electron chi connectivity index (χ1n) is 8.90. The van der Waals surface area contributed by atoms with Crippen molar-refractivity contribution in [3.63, 3.8) is 0 Å². The molecule has 5 rings (SSSR count). The Hall–Kier alpha value is -4.07. The topological polar surface area (TPSA) is 102 Å². The minimum atomic E-state index is -1.07. The third-order valence-corrected chi connectivity index (χ3v) is 5.16. The Balaban J connectivity index is 1.52. The van der Waals surface area contributed by atoms with E-state index in [9.17, 15) is 19.7 Å². The number of nitro groups is 1. The van der Waals surface area contributed by atoms with Gasteiger partial charge in [0.05, 0.1) is 10.6 Å². The van der Waals surface area contributed by atoms with Gasteiger partial charge in [0, 0.05) is 17.7 Å². The van der Waals surface area contributed by atoms with Crippen LogP contribution in [-0.2, 0) is 14.4 Å². The van der Waals surface area contributed by atoms with Crippen LogP contribution < -0.4 is 4.90 Å². The highest BCUT2D eigenvalue weighted by atomic mass is 16.7. The number of hydrogen-bond acceptors (Lipinski definition) is 6. The van der Waals surface area contributed by atoms with Crippen LogP contribution in [0.4, 0.5) is 11.4 Å². The summed E-state index contributed by atoms with van der Waals surface area (Å²) >= 11 is 0. The van der Waals surface area contributed by atoms with Crippen LogP contribution in [0.3, 0.4) is 0 Å². The number of anilines is 1. The number of carbonyl (C=O) groups is 2. The van der Waals surface area contributed by atoms with Crippen LogP contribution in [0.1, 0.15) is 5.56 Å². The first-order chi connectivity index (χ1) is 14.0. The Bertz CT molecular complexity index is 1240. The smallest absolute Gasteiger partial charge is 0.278 e. The number of nitro benzene ring substituents is 1. The predicted octanol–water partition coefficient (Wildman–Crippen LogP) is 3.04. The van der Waals surface area contributed by atoms with Gasteiger partial charge in [-0.1, -0.05) is 47.6 Å². The summed E-state index contributed by atoms with van der Waals surface area (Å²) in [6.07, 6.45) is -1.07. The lowest BCUT2D eigenvalue weighted by Gasteiger charge is -2.16. The molecule has 0 spiro atoms. The number of nitrogens with zero attached hydrogens (tertiary/aromatic N) is 3. The van der Waals surface area contributed by atoms with Gasteiger partial charge in [0.25, 0.3) is 11.6 Å². The lowest BCUT2D eigenvalue weighted by atomic mass is 9.94. The number of imide groups is 1. The summed E-state index contributed by atoms with van der Waals surface area (Å²) in [6, 6.07) is 18.7. The van der Waals surface area contributed by atoms with E-state index in [1.54, 1.807) is 18.2 Å². The highest BCUT2D eigenvalue weighted by Gasteiger charge is 2.56. The normalized spacial score (nSPS) is 20.6. The number of non-ortho nitro benzene ring substituents is 1. The van der Waals surface area contributed by atoms with Crippen molar-refractivity contribution in [2.45, 2.75) is 6.10 Å². The summed E-state index contributed by atoms with van der Waals surface area (Å²) < 4.78 is 0. The second-order valence-corrected chi connectivity index (χ2v) is 6.83. The van der Waals surface area contributed by atoms with Crippen LogP contribution in [0.25, 0.3) is 10.8 Å². The zero-order valence-electron chi connectivity index (χ0n) is 14.9. The molecule has 2 atom stereocenters. The second kappa shape index (κ2) is 6.23. The quantitative estimate of drug-likeness (QED) is 0.390. The minimum Gasteiger partial charge on any atom is -0.381 e. The van der Waals surface area contributed by atoms with Gasteiger partial charge in [-0.3, -0.25) is 19.7 Å². The van der Waals surface area contributed by atoms with Crippen LogP contribution in [0.2, 0.25) is 0 Å². The predicted molar refractivity (Wildman–Crippen MR) is 104 cm³/mol. The highest BCUT2D eigenvalue weighted by molar-refractivity contribution is 6.32. The van der Waals surface area contributed by atoms with E-state index in [0.29, 0.717) is 11.3 Å². The van der Waals surface area contributed by atoms with Crippen LogP contribution >= 0.6 is 0 Å². The molecule has 2 aliphatic heterocycles. The zero-order valence-corrected chi connectivity index (χ0v) is 14.9. The average Bonchev–Trinajstić information content (AvgIpc) is 3.28. The molecule has 1 saturated heterocycles. The van der Waals surface area contributed by atoms with Crippen molar-refractivity contribution in [1.82, 2.24) is 0 Å². The number of rotatable bonds is 3. The lowest BCUT2D eigenvalue weighted by Crippen LogP contribution is -2.33. The Morgan fingerprint density at radius 2 is 1.72 bits per heavy atom. The van der Waals surface area contributed by atoms with Crippen LogP contribution in [0, 0.1) is 16.0 Å². The van der Waals surface area contributed by atoms with Gasteiger partial charge in [-0.25, -0.2) is 4.90 Å². The molecule has 3 aromatic carbocycles. The fraction of sp³-hybridized carbons (Fsp3) is 0.0952. The van der Waals surface area contributed by atoms with E-state index in [2.05, 4.69) is 5.16 Å².